The molecule has 0 atom stereocenters. The third-order valence-corrected chi connectivity index (χ3v) is 0.840. The van der Waals surface area contributed by atoms with Crippen LogP contribution in [0.4, 0.5) is 4.48 Å². The van der Waals surface area contributed by atoms with Gasteiger partial charge in [-0.3, -0.25) is 0 Å². The van der Waals surface area contributed by atoms with Crippen LogP contribution in [-0.4, -0.2) is 24.9 Å². The number of rotatable bonds is 0. The molecule has 0 bridgehead atoms. The van der Waals surface area contributed by atoms with Gasteiger partial charge >= 0.3 is 0 Å². The van der Waals surface area contributed by atoms with Crippen molar-refractivity contribution >= 4 is 0 Å². The molecule has 1 rings (SSSR count). The maximum atomic E-state index is 11.9. The van der Waals surface area contributed by atoms with Crippen molar-refractivity contribution in [1.82, 2.24) is 5.12 Å². The average Bonchev–Trinajstić information content (AvgIpc) is 1.69. The highest BCUT2D eigenvalue weighted by Gasteiger charge is 2.07. The predicted octanol–water partition coefficient (Wildman–Crippen LogP) is 0.365. The van der Waals surface area contributed by atoms with Gasteiger partial charge in [0, 0.05) is 0 Å². The maximum Gasteiger partial charge on any atom is 0.0840 e. The molecule has 1 saturated heterocycles. The summed E-state index contributed by atoms with van der Waals surface area (Å²) in [5.41, 5.74) is 0. The topological polar surface area (TPSA) is 12.5 Å². The van der Waals surface area contributed by atoms with E-state index in [9.17, 15) is 4.48 Å². The molecule has 0 aromatic heterocycles. The molecule has 0 saturated carbocycles. The summed E-state index contributed by atoms with van der Waals surface area (Å²) < 4.78 is 16.7. The second kappa shape index (κ2) is 2.23. The molecule has 1 aliphatic rings. The lowest BCUT2D eigenvalue weighted by Crippen LogP contribution is -2.25. The fraction of sp³-hybridized carbons (Fsp3) is 0.750. The first kappa shape index (κ1) is 5.00. The van der Waals surface area contributed by atoms with Gasteiger partial charge < -0.3 is 4.74 Å². The zero-order chi connectivity index (χ0) is 5.11. The molecule has 1 fully saturated rings. The zero-order valence-electron chi connectivity index (χ0n) is 3.93. The van der Waals surface area contributed by atoms with Crippen LogP contribution in [0.5, 0.6) is 0 Å². The van der Waals surface area contributed by atoms with Crippen LogP contribution in [0.15, 0.2) is 0 Å². The number of hydrogen-bond acceptors (Lipinski definition) is 2. The Morgan fingerprint density at radius 2 is 2.57 bits per heavy atom. The van der Waals surface area contributed by atoms with E-state index < -0.39 is 0 Å². The normalized spacial score (nSPS) is 25.3. The quantitative estimate of drug-likeness (QED) is 0.411. The molecule has 1 heterocycles. The summed E-state index contributed by atoms with van der Waals surface area (Å²) >= 11 is 0. The molecule has 0 spiro atoms. The van der Waals surface area contributed by atoms with Gasteiger partial charge in [-0.2, -0.15) is 0 Å². The van der Waals surface area contributed by atoms with Crippen LogP contribution >= 0.6 is 0 Å². The van der Waals surface area contributed by atoms with Crippen molar-refractivity contribution in [2.75, 3.05) is 19.8 Å². The van der Waals surface area contributed by atoms with Crippen LogP contribution < -0.4 is 0 Å². The van der Waals surface area contributed by atoms with Crippen LogP contribution in [0.2, 0.25) is 0 Å². The molecular formula is C4H7FNO. The minimum atomic E-state index is 0.375. The number of halogens is 1. The van der Waals surface area contributed by atoms with E-state index in [-0.39, 0.29) is 0 Å². The number of morpholine rings is 1. The Morgan fingerprint density at radius 1 is 1.71 bits per heavy atom. The van der Waals surface area contributed by atoms with Crippen molar-refractivity contribution in [1.29, 1.82) is 0 Å². The first-order chi connectivity index (χ1) is 3.39. The lowest BCUT2D eigenvalue weighted by Gasteiger charge is -2.16. The molecule has 0 unspecified atom stereocenters. The second-order valence-electron chi connectivity index (χ2n) is 1.38. The molecule has 7 heavy (non-hydrogen) atoms. The van der Waals surface area contributed by atoms with E-state index >= 15 is 0 Å². The molecule has 1 aliphatic heterocycles. The van der Waals surface area contributed by atoms with Crippen molar-refractivity contribution in [2.45, 2.75) is 0 Å². The Bertz CT molecular complexity index is 53.7. The smallest absolute Gasteiger partial charge is 0.0840 e. The first-order valence-electron chi connectivity index (χ1n) is 2.23. The lowest BCUT2D eigenvalue weighted by molar-refractivity contribution is -0.0325. The van der Waals surface area contributed by atoms with Crippen LogP contribution in [0.3, 0.4) is 0 Å². The Kier molecular flexibility index (Phi) is 1.59. The van der Waals surface area contributed by atoms with Crippen molar-refractivity contribution in [3.63, 3.8) is 0 Å². The number of ether oxygens (including phenoxy) is 1. The Balaban J connectivity index is 2.12. The fourth-order valence-electron chi connectivity index (χ4n) is 0.460. The molecule has 1 radical (unpaired) electrons. The van der Waals surface area contributed by atoms with E-state index in [4.69, 9.17) is 4.74 Å². The monoisotopic (exact) mass is 104 g/mol. The van der Waals surface area contributed by atoms with Gasteiger partial charge in [0.05, 0.1) is 26.3 Å². The summed E-state index contributed by atoms with van der Waals surface area (Å²) in [6.45, 7) is 2.67. The molecular weight excluding hydrogens is 97.0 g/mol. The van der Waals surface area contributed by atoms with Crippen LogP contribution in [-0.2, 0) is 4.74 Å². The summed E-state index contributed by atoms with van der Waals surface area (Å²) in [6.07, 6.45) is 0. The Hall–Kier alpha value is -0.150. The van der Waals surface area contributed by atoms with E-state index in [1.165, 1.54) is 6.54 Å². The van der Waals surface area contributed by atoms with E-state index in [0.29, 0.717) is 24.9 Å². The highest BCUT2D eigenvalue weighted by Crippen LogP contribution is 1.99. The lowest BCUT2D eigenvalue weighted by atomic mass is 10.5. The van der Waals surface area contributed by atoms with Crippen LogP contribution in [0, 0.1) is 6.54 Å². The molecule has 0 aromatic carbocycles. The maximum absolute atomic E-state index is 11.9. The minimum absolute atomic E-state index is 0.375. The Labute approximate surface area is 41.8 Å². The minimum Gasteiger partial charge on any atom is -0.378 e. The number of hydrogen-bond donors (Lipinski definition) is 0. The van der Waals surface area contributed by atoms with Crippen LogP contribution in [0.1, 0.15) is 0 Å². The van der Waals surface area contributed by atoms with Crippen LogP contribution in [0.25, 0.3) is 0 Å². The molecule has 2 nitrogen and oxygen atoms in total. The van der Waals surface area contributed by atoms with Gasteiger partial charge in [0.25, 0.3) is 0 Å². The average molecular weight is 104 g/mol. The highest BCUT2D eigenvalue weighted by molar-refractivity contribution is 4.62. The predicted molar refractivity (Wildman–Crippen MR) is 22.9 cm³/mol. The first-order valence-corrected chi connectivity index (χ1v) is 2.23. The van der Waals surface area contributed by atoms with Crippen molar-refractivity contribution in [3.8, 4) is 0 Å². The standard InChI is InChI=1S/C4H7FNO/c5-6-1-3-7-4-2-6/h1H,2-4H2. The van der Waals surface area contributed by atoms with Gasteiger partial charge in [-0.25, -0.2) is 0 Å². The highest BCUT2D eigenvalue weighted by atomic mass is 19.2. The zero-order valence-corrected chi connectivity index (χ0v) is 3.93. The SMILES string of the molecule is FN1[CH]COCC1. The third-order valence-electron chi connectivity index (χ3n) is 0.840. The summed E-state index contributed by atoms with van der Waals surface area (Å²) in [4.78, 5) is 0. The van der Waals surface area contributed by atoms with Gasteiger partial charge in [-0.05, 0) is 0 Å². The van der Waals surface area contributed by atoms with Gasteiger partial charge in [-0.15, -0.1) is 9.60 Å². The molecule has 0 amide bonds. The van der Waals surface area contributed by atoms with Crippen molar-refractivity contribution in [2.24, 2.45) is 0 Å². The Morgan fingerprint density at radius 3 is 2.86 bits per heavy atom. The molecule has 0 aliphatic carbocycles. The summed E-state index contributed by atoms with van der Waals surface area (Å²) in [6, 6.07) is 0. The van der Waals surface area contributed by atoms with E-state index in [1.54, 1.807) is 0 Å². The summed E-state index contributed by atoms with van der Waals surface area (Å²) in [5.74, 6) is 0. The van der Waals surface area contributed by atoms with E-state index in [1.807, 2.05) is 0 Å². The van der Waals surface area contributed by atoms with E-state index in [0.717, 1.165) is 0 Å². The van der Waals surface area contributed by atoms with Gasteiger partial charge in [0.2, 0.25) is 0 Å². The second-order valence-corrected chi connectivity index (χ2v) is 1.38. The van der Waals surface area contributed by atoms with Crippen molar-refractivity contribution < 1.29 is 9.22 Å². The molecule has 0 aromatic rings. The van der Waals surface area contributed by atoms with Gasteiger partial charge in [-0.1, -0.05) is 0 Å². The van der Waals surface area contributed by atoms with Gasteiger partial charge in [0.1, 0.15) is 0 Å². The fourth-order valence-corrected chi connectivity index (χ4v) is 0.460. The van der Waals surface area contributed by atoms with Crippen molar-refractivity contribution in [3.05, 3.63) is 6.54 Å². The third kappa shape index (κ3) is 1.41. The largest absolute Gasteiger partial charge is 0.378 e. The molecule has 0 N–H and O–H groups in total. The molecule has 3 heteroatoms. The summed E-state index contributed by atoms with van der Waals surface area (Å²) in [7, 11) is 0. The molecule has 41 valence electrons. The van der Waals surface area contributed by atoms with Gasteiger partial charge in [0.15, 0.2) is 0 Å². The summed E-state index contributed by atoms with van der Waals surface area (Å²) in [5, 5.41) is 0.642. The number of nitrogens with zero attached hydrogens (tertiary/aromatic N) is 1. The van der Waals surface area contributed by atoms with E-state index in [2.05, 4.69) is 0 Å².